The predicted octanol–water partition coefficient (Wildman–Crippen LogP) is 1.36. The maximum atomic E-state index is 11.9. The SMILES string of the molecule is CCN(C)C(C(=O)NOC)c1ccccc1. The largest absolute Gasteiger partial charge is 0.292 e. The third kappa shape index (κ3) is 3.05. The predicted molar refractivity (Wildman–Crippen MR) is 62.6 cm³/mol. The molecule has 1 aromatic rings. The van der Waals surface area contributed by atoms with Crippen LogP contribution in [0.2, 0.25) is 0 Å². The van der Waals surface area contributed by atoms with Crippen LogP contribution in [0.5, 0.6) is 0 Å². The first kappa shape index (κ1) is 12.7. The van der Waals surface area contributed by atoms with Crippen molar-refractivity contribution < 1.29 is 9.63 Å². The molecule has 4 heteroatoms. The van der Waals surface area contributed by atoms with Crippen LogP contribution in [0.3, 0.4) is 0 Å². The van der Waals surface area contributed by atoms with Crippen molar-refractivity contribution in [3.8, 4) is 0 Å². The zero-order chi connectivity index (χ0) is 12.0. The Morgan fingerprint density at radius 2 is 2.06 bits per heavy atom. The smallest absolute Gasteiger partial charge is 0.265 e. The van der Waals surface area contributed by atoms with Crippen molar-refractivity contribution in [3.63, 3.8) is 0 Å². The van der Waals surface area contributed by atoms with Gasteiger partial charge in [-0.15, -0.1) is 0 Å². The highest BCUT2D eigenvalue weighted by Gasteiger charge is 2.23. The monoisotopic (exact) mass is 222 g/mol. The van der Waals surface area contributed by atoms with Gasteiger partial charge in [0.05, 0.1) is 7.11 Å². The highest BCUT2D eigenvalue weighted by Crippen LogP contribution is 2.18. The quantitative estimate of drug-likeness (QED) is 0.765. The Kier molecular flexibility index (Phi) is 4.95. The molecule has 16 heavy (non-hydrogen) atoms. The van der Waals surface area contributed by atoms with Gasteiger partial charge in [0.1, 0.15) is 6.04 Å². The third-order valence-electron chi connectivity index (χ3n) is 2.51. The van der Waals surface area contributed by atoms with E-state index in [1.807, 2.05) is 49.2 Å². The fourth-order valence-electron chi connectivity index (χ4n) is 1.58. The summed E-state index contributed by atoms with van der Waals surface area (Å²) in [6.45, 7) is 2.80. The molecule has 0 heterocycles. The van der Waals surface area contributed by atoms with Gasteiger partial charge >= 0.3 is 0 Å². The van der Waals surface area contributed by atoms with Crippen LogP contribution in [0.1, 0.15) is 18.5 Å². The lowest BCUT2D eigenvalue weighted by Gasteiger charge is -2.25. The number of nitrogens with one attached hydrogen (secondary N) is 1. The topological polar surface area (TPSA) is 41.6 Å². The summed E-state index contributed by atoms with van der Waals surface area (Å²) < 4.78 is 0. The van der Waals surface area contributed by atoms with E-state index in [-0.39, 0.29) is 11.9 Å². The minimum Gasteiger partial charge on any atom is -0.292 e. The maximum Gasteiger partial charge on any atom is 0.265 e. The molecule has 88 valence electrons. The number of hydrogen-bond acceptors (Lipinski definition) is 3. The van der Waals surface area contributed by atoms with Crippen LogP contribution in [0.15, 0.2) is 30.3 Å². The second-order valence-corrected chi connectivity index (χ2v) is 3.56. The number of carbonyl (C=O) groups excluding carboxylic acids is 1. The number of hydroxylamine groups is 1. The summed E-state index contributed by atoms with van der Waals surface area (Å²) in [7, 11) is 3.35. The Balaban J connectivity index is 2.92. The van der Waals surface area contributed by atoms with Crippen LogP contribution in [0.25, 0.3) is 0 Å². The third-order valence-corrected chi connectivity index (χ3v) is 2.51. The highest BCUT2D eigenvalue weighted by atomic mass is 16.6. The lowest BCUT2D eigenvalue weighted by Crippen LogP contribution is -2.38. The van der Waals surface area contributed by atoms with Gasteiger partial charge in [-0.05, 0) is 19.2 Å². The van der Waals surface area contributed by atoms with Crippen molar-refractivity contribution in [2.75, 3.05) is 20.7 Å². The first-order chi connectivity index (χ1) is 7.70. The lowest BCUT2D eigenvalue weighted by atomic mass is 10.1. The molecule has 0 aliphatic heterocycles. The van der Waals surface area contributed by atoms with Gasteiger partial charge in [-0.25, -0.2) is 5.48 Å². The average Bonchev–Trinajstić information content (AvgIpc) is 2.31. The molecule has 0 fully saturated rings. The van der Waals surface area contributed by atoms with Crippen molar-refractivity contribution in [1.82, 2.24) is 10.4 Å². The molecule has 0 aliphatic rings. The van der Waals surface area contributed by atoms with Crippen molar-refractivity contribution in [1.29, 1.82) is 0 Å². The molecule has 1 atom stereocenters. The summed E-state index contributed by atoms with van der Waals surface area (Å²) in [5.74, 6) is -0.155. The fraction of sp³-hybridized carbons (Fsp3) is 0.417. The average molecular weight is 222 g/mol. The summed E-state index contributed by atoms with van der Waals surface area (Å²) in [6.07, 6.45) is 0. The first-order valence-electron chi connectivity index (χ1n) is 5.28. The van der Waals surface area contributed by atoms with E-state index in [1.54, 1.807) is 0 Å². The molecule has 1 N–H and O–H groups in total. The highest BCUT2D eigenvalue weighted by molar-refractivity contribution is 5.82. The van der Waals surface area contributed by atoms with Crippen molar-refractivity contribution in [2.24, 2.45) is 0 Å². The van der Waals surface area contributed by atoms with E-state index in [0.29, 0.717) is 0 Å². The molecular formula is C12H18N2O2. The Hall–Kier alpha value is -1.39. The van der Waals surface area contributed by atoms with Gasteiger partial charge < -0.3 is 0 Å². The van der Waals surface area contributed by atoms with E-state index >= 15 is 0 Å². The molecule has 0 aromatic heterocycles. The van der Waals surface area contributed by atoms with Crippen LogP contribution in [0, 0.1) is 0 Å². The van der Waals surface area contributed by atoms with E-state index < -0.39 is 0 Å². The van der Waals surface area contributed by atoms with E-state index in [9.17, 15) is 4.79 Å². The first-order valence-corrected chi connectivity index (χ1v) is 5.28. The summed E-state index contributed by atoms with van der Waals surface area (Å²) in [4.78, 5) is 18.5. The van der Waals surface area contributed by atoms with Crippen LogP contribution < -0.4 is 5.48 Å². The molecule has 0 radical (unpaired) electrons. The van der Waals surface area contributed by atoms with E-state index in [4.69, 9.17) is 0 Å². The van der Waals surface area contributed by atoms with E-state index in [0.717, 1.165) is 12.1 Å². The molecule has 1 amide bonds. The molecule has 1 unspecified atom stereocenters. The van der Waals surface area contributed by atoms with E-state index in [1.165, 1.54) is 7.11 Å². The summed E-state index contributed by atoms with van der Waals surface area (Å²) in [6, 6.07) is 9.34. The number of carbonyl (C=O) groups is 1. The molecule has 0 saturated carbocycles. The minimum atomic E-state index is -0.314. The number of nitrogens with zero attached hydrogens (tertiary/aromatic N) is 1. The van der Waals surface area contributed by atoms with Crippen molar-refractivity contribution in [2.45, 2.75) is 13.0 Å². The van der Waals surface area contributed by atoms with Gasteiger partial charge in [-0.1, -0.05) is 37.3 Å². The standard InChI is InChI=1S/C12H18N2O2/c1-4-14(2)11(12(15)13-16-3)10-8-6-5-7-9-10/h5-9,11H,4H2,1-3H3,(H,13,15). The molecule has 0 aliphatic carbocycles. The number of benzene rings is 1. The number of rotatable bonds is 5. The molecule has 0 saturated heterocycles. The second-order valence-electron chi connectivity index (χ2n) is 3.56. The Labute approximate surface area is 96.2 Å². The summed E-state index contributed by atoms with van der Waals surface area (Å²) >= 11 is 0. The van der Waals surface area contributed by atoms with Crippen molar-refractivity contribution in [3.05, 3.63) is 35.9 Å². The lowest BCUT2D eigenvalue weighted by molar-refractivity contribution is -0.136. The van der Waals surface area contributed by atoms with Gasteiger partial charge in [0.25, 0.3) is 5.91 Å². The van der Waals surface area contributed by atoms with Crippen LogP contribution in [-0.4, -0.2) is 31.5 Å². The zero-order valence-corrected chi connectivity index (χ0v) is 9.93. The van der Waals surface area contributed by atoms with Gasteiger partial charge in [-0.3, -0.25) is 14.5 Å². The van der Waals surface area contributed by atoms with Gasteiger partial charge in [0.2, 0.25) is 0 Å². The van der Waals surface area contributed by atoms with Crippen molar-refractivity contribution >= 4 is 5.91 Å². The Bertz CT molecular complexity index is 327. The van der Waals surface area contributed by atoms with Crippen LogP contribution in [0.4, 0.5) is 0 Å². The number of hydrogen-bond donors (Lipinski definition) is 1. The fourth-order valence-corrected chi connectivity index (χ4v) is 1.58. The maximum absolute atomic E-state index is 11.9. The minimum absolute atomic E-state index is 0.155. The molecule has 1 rings (SSSR count). The van der Waals surface area contributed by atoms with Gasteiger partial charge in [0.15, 0.2) is 0 Å². The van der Waals surface area contributed by atoms with Gasteiger partial charge in [-0.2, -0.15) is 0 Å². The van der Waals surface area contributed by atoms with E-state index in [2.05, 4.69) is 10.3 Å². The molecule has 4 nitrogen and oxygen atoms in total. The molecule has 0 spiro atoms. The summed E-state index contributed by atoms with van der Waals surface area (Å²) in [5.41, 5.74) is 3.34. The van der Waals surface area contributed by atoms with Crippen LogP contribution in [-0.2, 0) is 9.63 Å². The number of likely N-dealkylation sites (N-methyl/N-ethyl adjacent to an activating group) is 1. The molecule has 1 aromatic carbocycles. The Morgan fingerprint density at radius 1 is 1.44 bits per heavy atom. The zero-order valence-electron chi connectivity index (χ0n) is 9.93. The van der Waals surface area contributed by atoms with Crippen LogP contribution >= 0.6 is 0 Å². The molecule has 0 bridgehead atoms. The molecular weight excluding hydrogens is 204 g/mol. The number of amides is 1. The normalized spacial score (nSPS) is 12.5. The second kappa shape index (κ2) is 6.25. The van der Waals surface area contributed by atoms with Gasteiger partial charge in [0, 0.05) is 0 Å². The summed E-state index contributed by atoms with van der Waals surface area (Å²) in [5, 5.41) is 0. The Morgan fingerprint density at radius 3 is 2.56 bits per heavy atom.